The van der Waals surface area contributed by atoms with Gasteiger partial charge >= 0.3 is 0 Å². The third-order valence-corrected chi connectivity index (χ3v) is 7.89. The maximum Gasteiger partial charge on any atom is 0.192 e. The summed E-state index contributed by atoms with van der Waals surface area (Å²) in [4.78, 5) is 0. The molecule has 0 aromatic rings. The minimum atomic E-state index is -1.31. The molecule has 0 heterocycles. The van der Waals surface area contributed by atoms with Gasteiger partial charge in [-0.25, -0.2) is 0 Å². The van der Waals surface area contributed by atoms with E-state index in [4.69, 9.17) is 4.43 Å². The van der Waals surface area contributed by atoms with Crippen LogP contribution in [0.15, 0.2) is 0 Å². The number of hydrogen-bond donors (Lipinski definition) is 0. The molecular formula is C12H28OSi. The van der Waals surface area contributed by atoms with Gasteiger partial charge in [-0.15, -0.1) is 0 Å². The molecule has 14 heavy (non-hydrogen) atoms. The van der Waals surface area contributed by atoms with E-state index in [1.54, 1.807) is 0 Å². The van der Waals surface area contributed by atoms with Crippen molar-refractivity contribution in [3.63, 3.8) is 0 Å². The molecule has 0 fully saturated rings. The Hall–Kier alpha value is 0.177. The van der Waals surface area contributed by atoms with Gasteiger partial charge in [0, 0.05) is 6.61 Å². The molecule has 0 aromatic heterocycles. The van der Waals surface area contributed by atoms with Crippen LogP contribution in [0.4, 0.5) is 0 Å². The highest BCUT2D eigenvalue weighted by molar-refractivity contribution is 6.73. The molecule has 0 aromatic carbocycles. The van der Waals surface area contributed by atoms with Crippen LogP contribution in [0.25, 0.3) is 0 Å². The number of hydrogen-bond acceptors (Lipinski definition) is 1. The topological polar surface area (TPSA) is 9.23 Å². The van der Waals surface area contributed by atoms with Crippen LogP contribution in [0.3, 0.4) is 0 Å². The van der Waals surface area contributed by atoms with Crippen molar-refractivity contribution in [1.82, 2.24) is 0 Å². The zero-order valence-electron chi connectivity index (χ0n) is 10.6. The number of unbranched alkanes of at least 4 members (excludes halogenated alkanes) is 1. The lowest BCUT2D eigenvalue weighted by Gasteiger charge is -2.30. The molecule has 1 nitrogen and oxygen atoms in total. The first-order valence-corrected chi connectivity index (χ1v) is 8.91. The predicted molar refractivity (Wildman–Crippen MR) is 67.3 cm³/mol. The van der Waals surface area contributed by atoms with Gasteiger partial charge in [-0.05, 0) is 24.6 Å². The third-order valence-electron chi connectivity index (χ3n) is 2.96. The molecular weight excluding hydrogens is 188 g/mol. The monoisotopic (exact) mass is 216 g/mol. The molecule has 0 aliphatic heterocycles. The fourth-order valence-electron chi connectivity index (χ4n) is 2.07. The quantitative estimate of drug-likeness (QED) is 0.405. The Morgan fingerprint density at radius 2 is 1.43 bits per heavy atom. The van der Waals surface area contributed by atoms with Crippen molar-refractivity contribution < 1.29 is 4.43 Å². The second-order valence-electron chi connectivity index (χ2n) is 4.24. The smallest absolute Gasteiger partial charge is 0.192 e. The first-order chi connectivity index (χ1) is 6.74. The van der Waals surface area contributed by atoms with E-state index in [0.717, 1.165) is 6.61 Å². The molecule has 0 spiro atoms. The Morgan fingerprint density at radius 3 is 1.79 bits per heavy atom. The van der Waals surface area contributed by atoms with Crippen molar-refractivity contribution in [3.05, 3.63) is 0 Å². The van der Waals surface area contributed by atoms with E-state index in [1.807, 2.05) is 0 Å². The Balaban J connectivity index is 4.03. The normalized spacial score (nSPS) is 12.0. The average molecular weight is 216 g/mol. The Bertz CT molecular complexity index is 119. The molecule has 0 rings (SSSR count). The standard InChI is InChI=1S/C12H28OSi/c1-5-9-10-13-14(8-4,11-6-2)12-7-3/h5-12H2,1-4H3. The highest BCUT2D eigenvalue weighted by Crippen LogP contribution is 2.25. The summed E-state index contributed by atoms with van der Waals surface area (Å²) in [6, 6.07) is 4.03. The van der Waals surface area contributed by atoms with E-state index in [-0.39, 0.29) is 0 Å². The summed E-state index contributed by atoms with van der Waals surface area (Å²) < 4.78 is 6.24. The zero-order chi connectivity index (χ0) is 10.9. The molecule has 0 saturated carbocycles. The Kier molecular flexibility index (Phi) is 8.59. The van der Waals surface area contributed by atoms with Gasteiger partial charge in [-0.2, -0.15) is 0 Å². The van der Waals surface area contributed by atoms with Gasteiger partial charge in [0.15, 0.2) is 8.32 Å². The Morgan fingerprint density at radius 1 is 0.857 bits per heavy atom. The molecule has 0 N–H and O–H groups in total. The molecule has 86 valence electrons. The van der Waals surface area contributed by atoms with Crippen LogP contribution < -0.4 is 0 Å². The van der Waals surface area contributed by atoms with E-state index in [9.17, 15) is 0 Å². The van der Waals surface area contributed by atoms with Crippen LogP contribution in [-0.4, -0.2) is 14.9 Å². The van der Waals surface area contributed by atoms with Crippen molar-refractivity contribution in [2.24, 2.45) is 0 Å². The SMILES string of the molecule is CCCCO[Si](CC)(CCC)CCC. The minimum Gasteiger partial charge on any atom is -0.417 e. The highest BCUT2D eigenvalue weighted by atomic mass is 28.4. The van der Waals surface area contributed by atoms with Crippen LogP contribution in [0.2, 0.25) is 18.1 Å². The van der Waals surface area contributed by atoms with Crippen LogP contribution >= 0.6 is 0 Å². The van der Waals surface area contributed by atoms with Gasteiger partial charge in [0.2, 0.25) is 0 Å². The van der Waals surface area contributed by atoms with Crippen LogP contribution in [0.1, 0.15) is 53.4 Å². The summed E-state index contributed by atoms with van der Waals surface area (Å²) in [5, 5.41) is 0. The lowest BCUT2D eigenvalue weighted by atomic mass is 10.4. The fraction of sp³-hybridized carbons (Fsp3) is 1.00. The molecule has 2 heteroatoms. The first-order valence-electron chi connectivity index (χ1n) is 6.38. The van der Waals surface area contributed by atoms with E-state index < -0.39 is 8.32 Å². The molecule has 0 aliphatic carbocycles. The van der Waals surface area contributed by atoms with E-state index in [1.165, 1.54) is 43.8 Å². The largest absolute Gasteiger partial charge is 0.417 e. The maximum atomic E-state index is 6.24. The molecule has 0 aliphatic rings. The summed E-state index contributed by atoms with van der Waals surface area (Å²) >= 11 is 0. The van der Waals surface area contributed by atoms with Crippen molar-refractivity contribution in [2.75, 3.05) is 6.61 Å². The lowest BCUT2D eigenvalue weighted by Crippen LogP contribution is -2.37. The molecule has 0 amide bonds. The van der Waals surface area contributed by atoms with E-state index in [0.29, 0.717) is 0 Å². The van der Waals surface area contributed by atoms with Gasteiger partial charge < -0.3 is 4.43 Å². The van der Waals surface area contributed by atoms with Crippen molar-refractivity contribution in [1.29, 1.82) is 0 Å². The van der Waals surface area contributed by atoms with Crippen molar-refractivity contribution in [3.8, 4) is 0 Å². The summed E-state index contributed by atoms with van der Waals surface area (Å²) in [5.74, 6) is 0. The average Bonchev–Trinajstić information content (AvgIpc) is 2.19. The van der Waals surface area contributed by atoms with E-state index in [2.05, 4.69) is 27.7 Å². The molecule has 0 radical (unpaired) electrons. The Labute approximate surface area is 91.4 Å². The van der Waals surface area contributed by atoms with Crippen LogP contribution in [-0.2, 0) is 4.43 Å². The maximum absolute atomic E-state index is 6.24. The van der Waals surface area contributed by atoms with Crippen LogP contribution in [0, 0.1) is 0 Å². The second-order valence-corrected chi connectivity index (χ2v) is 8.60. The van der Waals surface area contributed by atoms with Gasteiger partial charge in [-0.1, -0.05) is 47.0 Å². The molecule has 0 saturated heterocycles. The summed E-state index contributed by atoms with van der Waals surface area (Å²) in [6.45, 7) is 10.1. The van der Waals surface area contributed by atoms with E-state index >= 15 is 0 Å². The number of rotatable bonds is 9. The fourth-order valence-corrected chi connectivity index (χ4v) is 5.92. The summed E-state index contributed by atoms with van der Waals surface area (Å²) in [5.41, 5.74) is 0. The van der Waals surface area contributed by atoms with Gasteiger partial charge in [0.25, 0.3) is 0 Å². The predicted octanol–water partition coefficient (Wildman–Crippen LogP) is 4.59. The summed E-state index contributed by atoms with van der Waals surface area (Å²) in [7, 11) is -1.31. The van der Waals surface area contributed by atoms with Crippen molar-refractivity contribution >= 4 is 8.32 Å². The van der Waals surface area contributed by atoms with Crippen molar-refractivity contribution in [2.45, 2.75) is 71.5 Å². The zero-order valence-corrected chi connectivity index (χ0v) is 11.6. The molecule has 0 bridgehead atoms. The molecule has 0 unspecified atom stereocenters. The summed E-state index contributed by atoms with van der Waals surface area (Å²) in [6.07, 6.45) is 5.09. The first kappa shape index (κ1) is 14.2. The molecule has 0 atom stereocenters. The highest BCUT2D eigenvalue weighted by Gasteiger charge is 2.30. The van der Waals surface area contributed by atoms with Gasteiger partial charge in [-0.3, -0.25) is 0 Å². The second kappa shape index (κ2) is 8.48. The minimum absolute atomic E-state index is 1.01. The van der Waals surface area contributed by atoms with Gasteiger partial charge in [0.1, 0.15) is 0 Å². The van der Waals surface area contributed by atoms with Crippen LogP contribution in [0.5, 0.6) is 0 Å². The lowest BCUT2D eigenvalue weighted by molar-refractivity contribution is 0.289. The third kappa shape index (κ3) is 5.16. The van der Waals surface area contributed by atoms with Gasteiger partial charge in [0.05, 0.1) is 0 Å².